The van der Waals surface area contributed by atoms with Gasteiger partial charge in [0.25, 0.3) is 0 Å². The summed E-state index contributed by atoms with van der Waals surface area (Å²) in [5, 5.41) is 10.4. The van der Waals surface area contributed by atoms with Crippen LogP contribution in [0.4, 0.5) is 0 Å². The van der Waals surface area contributed by atoms with Crippen LogP contribution in [0.15, 0.2) is 12.5 Å². The molecule has 2 heteroatoms. The fraction of sp³-hybridized carbons (Fsp3) is 0.667. The molecule has 0 N–H and O–H groups in total. The molecule has 0 saturated heterocycles. The van der Waals surface area contributed by atoms with Gasteiger partial charge in [0.05, 0.1) is 0 Å². The van der Waals surface area contributed by atoms with Crippen molar-refractivity contribution < 1.29 is 5.11 Å². The summed E-state index contributed by atoms with van der Waals surface area (Å²) in [6, 6.07) is 0. The molecule has 0 saturated carbocycles. The molecule has 0 aliphatic heterocycles. The van der Waals surface area contributed by atoms with Crippen LogP contribution in [0.2, 0.25) is 0 Å². The van der Waals surface area contributed by atoms with Crippen LogP contribution in [0.3, 0.4) is 0 Å². The van der Waals surface area contributed by atoms with Crippen molar-refractivity contribution in [2.75, 3.05) is 13.1 Å². The SMILES string of the molecule is C=C([O])N(CC)CC. The van der Waals surface area contributed by atoms with E-state index in [0.29, 0.717) is 0 Å². The maximum absolute atomic E-state index is 10.4. The van der Waals surface area contributed by atoms with Crippen molar-refractivity contribution in [2.45, 2.75) is 13.8 Å². The van der Waals surface area contributed by atoms with E-state index in [0.717, 1.165) is 13.1 Å². The molecule has 1 radical (unpaired) electrons. The molecular formula is C6H12NO. The zero-order valence-corrected chi connectivity index (χ0v) is 5.48. The van der Waals surface area contributed by atoms with Gasteiger partial charge < -0.3 is 4.90 Å². The lowest BCUT2D eigenvalue weighted by Gasteiger charge is -2.14. The fourth-order valence-electron chi connectivity index (χ4n) is 0.576. The van der Waals surface area contributed by atoms with Crippen LogP contribution in [0, 0.1) is 0 Å². The first-order valence-electron chi connectivity index (χ1n) is 2.83. The van der Waals surface area contributed by atoms with Crippen molar-refractivity contribution in [3.63, 3.8) is 0 Å². The molecule has 0 rings (SSSR count). The Balaban J connectivity index is 3.52. The van der Waals surface area contributed by atoms with E-state index in [4.69, 9.17) is 0 Å². The monoisotopic (exact) mass is 114 g/mol. The summed E-state index contributed by atoms with van der Waals surface area (Å²) in [4.78, 5) is 1.67. The minimum Gasteiger partial charge on any atom is -0.340 e. The van der Waals surface area contributed by atoms with E-state index in [1.165, 1.54) is 0 Å². The summed E-state index contributed by atoms with van der Waals surface area (Å²) >= 11 is 0. The van der Waals surface area contributed by atoms with Gasteiger partial charge in [-0.05, 0) is 20.4 Å². The molecule has 0 aliphatic carbocycles. The van der Waals surface area contributed by atoms with Gasteiger partial charge in [-0.3, -0.25) is 5.11 Å². The lowest BCUT2D eigenvalue weighted by Crippen LogP contribution is -2.20. The summed E-state index contributed by atoms with van der Waals surface area (Å²) in [5.41, 5.74) is 0. The van der Waals surface area contributed by atoms with Crippen molar-refractivity contribution in [3.8, 4) is 0 Å². The van der Waals surface area contributed by atoms with E-state index in [2.05, 4.69) is 6.58 Å². The summed E-state index contributed by atoms with van der Waals surface area (Å²) in [7, 11) is 0. The topological polar surface area (TPSA) is 23.1 Å². The predicted molar refractivity (Wildman–Crippen MR) is 32.7 cm³/mol. The predicted octanol–water partition coefficient (Wildman–Crippen LogP) is 1.23. The minimum atomic E-state index is -0.0880. The Bertz CT molecular complexity index is 76.6. The highest BCUT2D eigenvalue weighted by Gasteiger charge is 1.98. The third-order valence-corrected chi connectivity index (χ3v) is 1.12. The molecule has 0 aromatic rings. The summed E-state index contributed by atoms with van der Waals surface area (Å²) in [6.45, 7) is 8.67. The number of hydrogen-bond acceptors (Lipinski definition) is 1. The highest BCUT2D eigenvalue weighted by molar-refractivity contribution is 4.77. The van der Waals surface area contributed by atoms with E-state index in [-0.39, 0.29) is 5.88 Å². The Labute approximate surface area is 50.4 Å². The van der Waals surface area contributed by atoms with E-state index in [1.54, 1.807) is 4.90 Å². The largest absolute Gasteiger partial charge is 0.340 e. The van der Waals surface area contributed by atoms with Crippen molar-refractivity contribution >= 4 is 0 Å². The molecule has 0 atom stereocenters. The molecule has 0 aromatic carbocycles. The van der Waals surface area contributed by atoms with Gasteiger partial charge in [0.15, 0.2) is 0 Å². The highest BCUT2D eigenvalue weighted by Crippen LogP contribution is 1.94. The zero-order valence-electron chi connectivity index (χ0n) is 5.48. The van der Waals surface area contributed by atoms with Crippen LogP contribution in [-0.4, -0.2) is 18.0 Å². The third-order valence-electron chi connectivity index (χ3n) is 1.12. The van der Waals surface area contributed by atoms with Gasteiger partial charge in [-0.25, -0.2) is 0 Å². The molecule has 8 heavy (non-hydrogen) atoms. The quantitative estimate of drug-likeness (QED) is 0.506. The highest BCUT2D eigenvalue weighted by atomic mass is 16.3. The first-order chi connectivity index (χ1) is 3.72. The maximum atomic E-state index is 10.4. The number of nitrogens with zero attached hydrogens (tertiary/aromatic N) is 1. The van der Waals surface area contributed by atoms with E-state index in [1.807, 2.05) is 13.8 Å². The second kappa shape index (κ2) is 3.36. The lowest BCUT2D eigenvalue weighted by atomic mass is 10.5. The van der Waals surface area contributed by atoms with Crippen LogP contribution < -0.4 is 0 Å². The molecule has 2 nitrogen and oxygen atoms in total. The Morgan fingerprint density at radius 1 is 1.50 bits per heavy atom. The molecule has 0 aromatic heterocycles. The lowest BCUT2D eigenvalue weighted by molar-refractivity contribution is 0.158. The standard InChI is InChI=1S/C6H12NO/c1-4-7(5-2)6(3)8/h3-5H2,1-2H3. The summed E-state index contributed by atoms with van der Waals surface area (Å²) in [6.07, 6.45) is 0. The van der Waals surface area contributed by atoms with Crippen molar-refractivity contribution in [3.05, 3.63) is 12.5 Å². The van der Waals surface area contributed by atoms with Crippen LogP contribution in [0.1, 0.15) is 13.8 Å². The molecule has 0 amide bonds. The fourth-order valence-corrected chi connectivity index (χ4v) is 0.576. The van der Waals surface area contributed by atoms with Crippen LogP contribution in [-0.2, 0) is 5.11 Å². The summed E-state index contributed by atoms with van der Waals surface area (Å²) in [5.74, 6) is -0.0880. The van der Waals surface area contributed by atoms with Gasteiger partial charge in [0.1, 0.15) is 0 Å². The molecule has 0 fully saturated rings. The van der Waals surface area contributed by atoms with E-state index in [9.17, 15) is 5.11 Å². The second-order valence-corrected chi connectivity index (χ2v) is 1.57. The average Bonchev–Trinajstić information content (AvgIpc) is 1.69. The molecule has 0 bridgehead atoms. The first kappa shape index (κ1) is 7.34. The molecule has 0 unspecified atom stereocenters. The minimum absolute atomic E-state index is 0.0880. The van der Waals surface area contributed by atoms with Gasteiger partial charge in [0.2, 0.25) is 5.88 Å². The summed E-state index contributed by atoms with van der Waals surface area (Å²) < 4.78 is 0. The zero-order chi connectivity index (χ0) is 6.57. The molecule has 0 heterocycles. The van der Waals surface area contributed by atoms with Crippen LogP contribution >= 0.6 is 0 Å². The van der Waals surface area contributed by atoms with Gasteiger partial charge in [-0.15, -0.1) is 0 Å². The van der Waals surface area contributed by atoms with Crippen LogP contribution in [0.25, 0.3) is 0 Å². The van der Waals surface area contributed by atoms with Crippen molar-refractivity contribution in [2.24, 2.45) is 0 Å². The molecule has 0 spiro atoms. The first-order valence-corrected chi connectivity index (χ1v) is 2.83. The number of hydrogen-bond donors (Lipinski definition) is 0. The Morgan fingerprint density at radius 2 is 1.88 bits per heavy atom. The van der Waals surface area contributed by atoms with E-state index >= 15 is 0 Å². The molecule has 0 aliphatic rings. The number of rotatable bonds is 3. The Hall–Kier alpha value is -0.660. The average molecular weight is 114 g/mol. The molecular weight excluding hydrogens is 102 g/mol. The Morgan fingerprint density at radius 3 is 1.88 bits per heavy atom. The maximum Gasteiger partial charge on any atom is 0.239 e. The second-order valence-electron chi connectivity index (χ2n) is 1.57. The van der Waals surface area contributed by atoms with Crippen LogP contribution in [0.5, 0.6) is 0 Å². The normalized spacial score (nSPS) is 8.75. The van der Waals surface area contributed by atoms with Crippen molar-refractivity contribution in [1.29, 1.82) is 0 Å². The Kier molecular flexibility index (Phi) is 3.08. The molecule has 47 valence electrons. The van der Waals surface area contributed by atoms with Gasteiger partial charge in [-0.1, -0.05) is 0 Å². The smallest absolute Gasteiger partial charge is 0.239 e. The van der Waals surface area contributed by atoms with Gasteiger partial charge in [-0.2, -0.15) is 0 Å². The van der Waals surface area contributed by atoms with Gasteiger partial charge >= 0.3 is 0 Å². The third kappa shape index (κ3) is 1.87. The van der Waals surface area contributed by atoms with Gasteiger partial charge in [0, 0.05) is 13.1 Å². The van der Waals surface area contributed by atoms with Crippen molar-refractivity contribution in [1.82, 2.24) is 4.90 Å². The van der Waals surface area contributed by atoms with E-state index < -0.39 is 0 Å².